The Balaban J connectivity index is 0.00000306. The summed E-state index contributed by atoms with van der Waals surface area (Å²) in [4.78, 5) is 23.0. The van der Waals surface area contributed by atoms with Gasteiger partial charge in [-0.1, -0.05) is 24.3 Å². The maximum atomic E-state index is 13.2. The number of benzene rings is 3. The third-order valence-corrected chi connectivity index (χ3v) is 5.08. The van der Waals surface area contributed by atoms with E-state index in [2.05, 4.69) is 0 Å². The molecule has 0 aliphatic rings. The molecule has 0 unspecified atom stereocenters. The Kier molecular flexibility index (Phi) is 7.06. The summed E-state index contributed by atoms with van der Waals surface area (Å²) in [7, 11) is 0. The van der Waals surface area contributed by atoms with Gasteiger partial charge in [-0.2, -0.15) is 13.2 Å². The number of rotatable bonds is 6. The summed E-state index contributed by atoms with van der Waals surface area (Å²) in [6, 6.07) is 14.7. The Bertz CT molecular complexity index is 1370. The quantitative estimate of drug-likeness (QED) is 0.409. The number of carboxylic acids is 1. The normalized spacial score (nSPS) is 11.4. The summed E-state index contributed by atoms with van der Waals surface area (Å²) in [6.45, 7) is -0.645. The van der Waals surface area contributed by atoms with Crippen LogP contribution < -0.4 is 45.1 Å². The van der Waals surface area contributed by atoms with Crippen molar-refractivity contribution in [2.75, 3.05) is 6.61 Å². The minimum absolute atomic E-state index is 0. The van der Waals surface area contributed by atoms with Gasteiger partial charge in [0.25, 0.3) is 0 Å². The zero-order valence-electron chi connectivity index (χ0n) is 17.5. The Hall–Kier alpha value is -3.01. The second kappa shape index (κ2) is 9.46. The van der Waals surface area contributed by atoms with Gasteiger partial charge in [0.05, 0.1) is 28.0 Å². The first-order valence-electron chi connectivity index (χ1n) is 9.49. The van der Waals surface area contributed by atoms with Gasteiger partial charge in [-0.15, -0.1) is 0 Å². The number of ether oxygens (including phenoxy) is 1. The smallest absolute Gasteiger partial charge is 0.546 e. The fourth-order valence-corrected chi connectivity index (χ4v) is 3.81. The van der Waals surface area contributed by atoms with Crippen LogP contribution in [0.3, 0.4) is 0 Å². The van der Waals surface area contributed by atoms with Gasteiger partial charge in [0.2, 0.25) is 5.91 Å². The van der Waals surface area contributed by atoms with E-state index in [4.69, 9.17) is 10.5 Å². The van der Waals surface area contributed by atoms with Crippen LogP contribution >= 0.6 is 0 Å². The van der Waals surface area contributed by atoms with Gasteiger partial charge in [0.1, 0.15) is 12.4 Å². The van der Waals surface area contributed by atoms with Gasteiger partial charge < -0.3 is 24.9 Å². The molecule has 1 heterocycles. The number of nitrogens with two attached hydrogens (primary N) is 1. The van der Waals surface area contributed by atoms with Crippen molar-refractivity contribution in [2.24, 2.45) is 5.73 Å². The fourth-order valence-electron chi connectivity index (χ4n) is 3.81. The molecule has 4 rings (SSSR count). The number of primary amides is 1. The number of carbonyl (C=O) groups excluding carboxylic acids is 2. The first-order chi connectivity index (χ1) is 15.2. The molecule has 33 heavy (non-hydrogen) atoms. The minimum atomic E-state index is -4.48. The number of aromatic nitrogens is 1. The first-order valence-corrected chi connectivity index (χ1v) is 9.49. The second-order valence-electron chi connectivity index (χ2n) is 7.16. The van der Waals surface area contributed by atoms with Crippen LogP contribution in [-0.2, 0) is 17.5 Å². The maximum Gasteiger partial charge on any atom is 1.00 e. The van der Waals surface area contributed by atoms with Crippen LogP contribution in [0.25, 0.3) is 21.8 Å². The number of carbonyl (C=O) groups is 2. The Labute approximate surface area is 208 Å². The standard InChI is InChI=1S/C23H17F3N2O4.Na/c24-23(25,26)14-5-1-4-13(10-14)11-28-16-7-2-6-15(22(27)31)20(16)21-17(28)8-3-9-18(21)32-12-19(29)30;/h1-10H,11-12H2,(H2,27,31)(H,29,30);/q;+1/p-1. The molecule has 2 N–H and O–H groups in total. The zero-order chi connectivity index (χ0) is 23.0. The number of alkyl halides is 3. The molecule has 0 aliphatic carbocycles. The van der Waals surface area contributed by atoms with E-state index in [1.807, 2.05) is 0 Å². The van der Waals surface area contributed by atoms with Crippen molar-refractivity contribution in [3.8, 4) is 5.75 Å². The van der Waals surface area contributed by atoms with Gasteiger partial charge in [-0.3, -0.25) is 4.79 Å². The number of halogens is 3. The maximum absolute atomic E-state index is 13.2. The van der Waals surface area contributed by atoms with Gasteiger partial charge in [-0.05, 0) is 42.0 Å². The summed E-state index contributed by atoms with van der Waals surface area (Å²) in [6.07, 6.45) is -4.48. The van der Waals surface area contributed by atoms with E-state index in [0.29, 0.717) is 27.4 Å². The fraction of sp³-hybridized carbons (Fsp3) is 0.130. The molecule has 0 fully saturated rings. The summed E-state index contributed by atoms with van der Waals surface area (Å²) >= 11 is 0. The zero-order valence-corrected chi connectivity index (χ0v) is 19.5. The van der Waals surface area contributed by atoms with E-state index in [0.717, 1.165) is 12.1 Å². The van der Waals surface area contributed by atoms with Crippen LogP contribution in [0.1, 0.15) is 21.5 Å². The van der Waals surface area contributed by atoms with Crippen molar-refractivity contribution >= 4 is 33.7 Å². The molecule has 0 saturated heterocycles. The molecule has 10 heteroatoms. The second-order valence-corrected chi connectivity index (χ2v) is 7.16. The Morgan fingerprint density at radius 1 is 0.970 bits per heavy atom. The Morgan fingerprint density at radius 2 is 1.61 bits per heavy atom. The van der Waals surface area contributed by atoms with Crippen LogP contribution in [0, 0.1) is 0 Å². The van der Waals surface area contributed by atoms with Gasteiger partial charge in [-0.25, -0.2) is 0 Å². The van der Waals surface area contributed by atoms with Crippen molar-refractivity contribution in [1.82, 2.24) is 4.57 Å². The monoisotopic (exact) mass is 464 g/mol. The molecule has 0 spiro atoms. The average molecular weight is 464 g/mol. The van der Waals surface area contributed by atoms with Crippen molar-refractivity contribution < 1.29 is 62.2 Å². The van der Waals surface area contributed by atoms with Crippen LogP contribution in [0.2, 0.25) is 0 Å². The summed E-state index contributed by atoms with van der Waals surface area (Å²) in [5.41, 5.74) is 6.44. The molecule has 0 atom stereocenters. The van der Waals surface area contributed by atoms with Gasteiger partial charge in [0.15, 0.2) is 0 Å². The minimum Gasteiger partial charge on any atom is -0.546 e. The van der Waals surface area contributed by atoms with E-state index in [9.17, 15) is 27.9 Å². The SMILES string of the molecule is NC(=O)c1cccc2c1c1c(OCC(=O)[O-])cccc1n2Cc1cccc(C(F)(F)F)c1.[Na+]. The molecule has 3 aromatic carbocycles. The van der Waals surface area contributed by atoms with Crippen molar-refractivity contribution in [1.29, 1.82) is 0 Å². The number of carboxylic acid groups (broad SMARTS) is 1. The molecule has 6 nitrogen and oxygen atoms in total. The number of nitrogens with zero attached hydrogens (tertiary/aromatic N) is 1. The van der Waals surface area contributed by atoms with E-state index >= 15 is 0 Å². The number of hydrogen-bond donors (Lipinski definition) is 1. The molecule has 0 bridgehead atoms. The number of hydrogen-bond acceptors (Lipinski definition) is 4. The molecule has 1 amide bonds. The van der Waals surface area contributed by atoms with Gasteiger partial charge >= 0.3 is 35.7 Å². The van der Waals surface area contributed by atoms with E-state index in [-0.39, 0.29) is 47.4 Å². The molecule has 0 aliphatic heterocycles. The summed E-state index contributed by atoms with van der Waals surface area (Å²) < 4.78 is 46.6. The average Bonchev–Trinajstić information content (AvgIpc) is 3.06. The molecule has 0 saturated carbocycles. The molecule has 4 aromatic rings. The van der Waals surface area contributed by atoms with E-state index < -0.39 is 30.2 Å². The van der Waals surface area contributed by atoms with Crippen molar-refractivity contribution in [3.05, 3.63) is 77.4 Å². The van der Waals surface area contributed by atoms with Gasteiger partial charge in [0, 0.05) is 17.5 Å². The van der Waals surface area contributed by atoms with Crippen LogP contribution in [-0.4, -0.2) is 23.1 Å². The Morgan fingerprint density at radius 3 is 2.24 bits per heavy atom. The van der Waals surface area contributed by atoms with Crippen LogP contribution in [0.4, 0.5) is 13.2 Å². The molecular weight excluding hydrogens is 448 g/mol. The first kappa shape index (κ1) is 24.6. The van der Waals surface area contributed by atoms with Crippen LogP contribution in [0.15, 0.2) is 60.7 Å². The van der Waals surface area contributed by atoms with Crippen molar-refractivity contribution in [2.45, 2.75) is 12.7 Å². The molecular formula is C23H16F3N2NaO4. The van der Waals surface area contributed by atoms with E-state index in [1.165, 1.54) is 18.2 Å². The number of fused-ring (bicyclic) bond motifs is 3. The molecule has 0 radical (unpaired) electrons. The predicted molar refractivity (Wildman–Crippen MR) is 109 cm³/mol. The topological polar surface area (TPSA) is 97.4 Å². The largest absolute Gasteiger partial charge is 1.00 e. The van der Waals surface area contributed by atoms with Crippen LogP contribution in [0.5, 0.6) is 5.75 Å². The third kappa shape index (κ3) is 4.85. The number of aliphatic carboxylic acids is 1. The number of amides is 1. The third-order valence-electron chi connectivity index (χ3n) is 5.08. The molecule has 164 valence electrons. The van der Waals surface area contributed by atoms with Crippen molar-refractivity contribution in [3.63, 3.8) is 0 Å². The summed E-state index contributed by atoms with van der Waals surface area (Å²) in [5, 5.41) is 11.8. The summed E-state index contributed by atoms with van der Waals surface area (Å²) in [5.74, 6) is -1.94. The molecule has 1 aromatic heterocycles. The van der Waals surface area contributed by atoms with E-state index in [1.54, 1.807) is 34.9 Å². The predicted octanol–water partition coefficient (Wildman–Crippen LogP) is 0.0932.